The fourth-order valence-electron chi connectivity index (χ4n) is 4.93. The quantitative estimate of drug-likeness (QED) is 0.319. The van der Waals surface area contributed by atoms with Gasteiger partial charge in [0.25, 0.3) is 23.6 Å². The lowest BCUT2D eigenvalue weighted by Gasteiger charge is -2.21. The number of hydrogen-bond donors (Lipinski definition) is 4. The van der Waals surface area contributed by atoms with Gasteiger partial charge < -0.3 is 21.3 Å². The second-order valence-electron chi connectivity index (χ2n) is 10.4. The number of carbonyl (C=O) groups is 4. The number of nitrogens with one attached hydrogen (secondary N) is 4. The summed E-state index contributed by atoms with van der Waals surface area (Å²) in [6.07, 6.45) is 5.01. The summed E-state index contributed by atoms with van der Waals surface area (Å²) in [6.45, 7) is 10.3. The van der Waals surface area contributed by atoms with Crippen molar-refractivity contribution in [1.29, 1.82) is 0 Å². The molecule has 8 nitrogen and oxygen atoms in total. The minimum Gasteiger partial charge on any atom is -0.352 e. The molecule has 0 unspecified atom stereocenters. The third-order valence-corrected chi connectivity index (χ3v) is 7.11. The van der Waals surface area contributed by atoms with Crippen molar-refractivity contribution >= 4 is 23.6 Å². The summed E-state index contributed by atoms with van der Waals surface area (Å²) in [7, 11) is 0. The normalized spacial score (nSPS) is 12.3. The van der Waals surface area contributed by atoms with Crippen molar-refractivity contribution in [1.82, 2.24) is 21.3 Å². The maximum absolute atomic E-state index is 13.2. The van der Waals surface area contributed by atoms with Crippen molar-refractivity contribution in [2.45, 2.75) is 79.1 Å². The zero-order chi connectivity index (χ0) is 29.1. The molecule has 4 bridgehead atoms. The zero-order valence-corrected chi connectivity index (χ0v) is 24.4. The van der Waals surface area contributed by atoms with Crippen LogP contribution in [0.4, 0.5) is 0 Å². The van der Waals surface area contributed by atoms with Crippen LogP contribution >= 0.6 is 0 Å². The fraction of sp³-hybridized carbons (Fsp3) is 0.500. The van der Waals surface area contributed by atoms with Crippen molar-refractivity contribution in [3.63, 3.8) is 0 Å². The van der Waals surface area contributed by atoms with Crippen LogP contribution in [0.15, 0.2) is 24.3 Å². The molecule has 2 aromatic rings. The van der Waals surface area contributed by atoms with Gasteiger partial charge in [-0.2, -0.15) is 0 Å². The lowest BCUT2D eigenvalue weighted by atomic mass is 9.86. The first kappa shape index (κ1) is 30.9. The standard InChI is InChI=1S/C32H44N4O4/c1-5-13-33-29(37)25-17-22-11-12-24-20-27(31(39)35-15-7-3)23(19-28(24)32(40)36-16-8-4)10-9-21(25)18-26(22)30(38)34-14-6-2/h17-20H,5-16H2,1-4H3,(H,33,37)(H,34,38)(H,35,39)(H,36,40). The molecule has 0 radical (unpaired) electrons. The van der Waals surface area contributed by atoms with Crippen molar-refractivity contribution in [2.24, 2.45) is 0 Å². The smallest absolute Gasteiger partial charge is 0.251 e. The molecule has 2 aromatic carbocycles. The Labute approximate surface area is 238 Å². The third-order valence-electron chi connectivity index (χ3n) is 7.11. The highest BCUT2D eigenvalue weighted by molar-refractivity contribution is 6.02. The Bertz CT molecular complexity index is 1050. The maximum atomic E-state index is 13.2. The largest absolute Gasteiger partial charge is 0.352 e. The van der Waals surface area contributed by atoms with Crippen molar-refractivity contribution < 1.29 is 19.2 Å². The molecule has 216 valence electrons. The number of hydrogen-bond acceptors (Lipinski definition) is 4. The van der Waals surface area contributed by atoms with Gasteiger partial charge in [0.1, 0.15) is 0 Å². The van der Waals surface area contributed by atoms with Crippen LogP contribution in [0.1, 0.15) is 117 Å². The molecule has 0 saturated heterocycles. The van der Waals surface area contributed by atoms with E-state index in [0.717, 1.165) is 47.9 Å². The first-order valence-corrected chi connectivity index (χ1v) is 14.8. The van der Waals surface area contributed by atoms with Gasteiger partial charge in [0.15, 0.2) is 0 Å². The van der Waals surface area contributed by atoms with E-state index in [0.29, 0.717) is 74.1 Å². The van der Waals surface area contributed by atoms with Gasteiger partial charge in [-0.05, 0) is 97.9 Å². The van der Waals surface area contributed by atoms with Gasteiger partial charge in [0, 0.05) is 48.4 Å². The van der Waals surface area contributed by atoms with E-state index in [1.165, 1.54) is 0 Å². The van der Waals surface area contributed by atoms with Gasteiger partial charge in [0.2, 0.25) is 0 Å². The predicted octanol–water partition coefficient (Wildman–Crippen LogP) is 4.13. The summed E-state index contributed by atoms with van der Waals surface area (Å²) in [5, 5.41) is 11.9. The van der Waals surface area contributed by atoms with Gasteiger partial charge >= 0.3 is 0 Å². The van der Waals surface area contributed by atoms with E-state index in [4.69, 9.17) is 0 Å². The molecule has 40 heavy (non-hydrogen) atoms. The first-order chi connectivity index (χ1) is 19.3. The minimum absolute atomic E-state index is 0.162. The Hall–Kier alpha value is -3.68. The highest BCUT2D eigenvalue weighted by Gasteiger charge is 2.24. The van der Waals surface area contributed by atoms with E-state index in [-0.39, 0.29) is 23.6 Å². The topological polar surface area (TPSA) is 116 Å². The Morgan fingerprint density at radius 1 is 0.450 bits per heavy atom. The molecule has 6 rings (SSSR count). The van der Waals surface area contributed by atoms with Gasteiger partial charge in [-0.1, -0.05) is 27.7 Å². The fourth-order valence-corrected chi connectivity index (χ4v) is 4.93. The second kappa shape index (κ2) is 15.2. The summed E-state index contributed by atoms with van der Waals surface area (Å²) in [5.41, 5.74) is 5.24. The number of carbonyl (C=O) groups excluding carboxylic acids is 4. The molecule has 0 spiro atoms. The maximum Gasteiger partial charge on any atom is 0.251 e. The SMILES string of the molecule is CCCNC(=O)c1cc2c(C(=O)NCCC)cc1CCc1cc(C(=O)NCCC)c(cc1C(=O)NCCC)CC2. The van der Waals surface area contributed by atoms with Crippen LogP contribution in [0, 0.1) is 0 Å². The highest BCUT2D eigenvalue weighted by Crippen LogP contribution is 2.27. The summed E-state index contributed by atoms with van der Waals surface area (Å²) in [4.78, 5) is 52.8. The molecule has 0 heterocycles. The molecule has 0 atom stereocenters. The Morgan fingerprint density at radius 3 is 0.825 bits per heavy atom. The van der Waals surface area contributed by atoms with Crippen LogP contribution in [0.2, 0.25) is 0 Å². The van der Waals surface area contributed by atoms with E-state index in [2.05, 4.69) is 21.3 Å². The van der Waals surface area contributed by atoms with Crippen molar-refractivity contribution in [3.8, 4) is 0 Å². The summed E-state index contributed by atoms with van der Waals surface area (Å²) in [5.74, 6) is -0.648. The van der Waals surface area contributed by atoms with E-state index >= 15 is 0 Å². The van der Waals surface area contributed by atoms with Crippen LogP contribution in [-0.2, 0) is 25.7 Å². The molecule has 4 amide bonds. The molecule has 0 saturated carbocycles. The van der Waals surface area contributed by atoms with Crippen LogP contribution in [0.25, 0.3) is 0 Å². The first-order valence-electron chi connectivity index (χ1n) is 14.8. The van der Waals surface area contributed by atoms with Crippen LogP contribution in [0.5, 0.6) is 0 Å². The predicted molar refractivity (Wildman–Crippen MR) is 158 cm³/mol. The summed E-state index contributed by atoms with van der Waals surface area (Å²) in [6, 6.07) is 7.39. The number of aryl methyl sites for hydroxylation is 4. The van der Waals surface area contributed by atoms with Crippen LogP contribution < -0.4 is 21.3 Å². The number of benzene rings is 2. The summed E-state index contributed by atoms with van der Waals surface area (Å²) < 4.78 is 0. The molecule has 8 heteroatoms. The summed E-state index contributed by atoms with van der Waals surface area (Å²) >= 11 is 0. The second-order valence-corrected chi connectivity index (χ2v) is 10.4. The molecule has 4 aliphatic carbocycles. The Morgan fingerprint density at radius 2 is 0.650 bits per heavy atom. The Balaban J connectivity index is 2.16. The molecular formula is C32H44N4O4. The zero-order valence-electron chi connectivity index (χ0n) is 24.4. The number of amides is 4. The van der Waals surface area contributed by atoms with Crippen molar-refractivity contribution in [2.75, 3.05) is 26.2 Å². The van der Waals surface area contributed by atoms with Gasteiger partial charge in [-0.3, -0.25) is 19.2 Å². The van der Waals surface area contributed by atoms with Crippen molar-refractivity contribution in [3.05, 3.63) is 68.8 Å². The van der Waals surface area contributed by atoms with Gasteiger partial charge in [-0.15, -0.1) is 0 Å². The minimum atomic E-state index is -0.162. The van der Waals surface area contributed by atoms with E-state index < -0.39 is 0 Å². The molecule has 4 aliphatic rings. The Kier molecular flexibility index (Phi) is 11.7. The van der Waals surface area contributed by atoms with Crippen LogP contribution in [-0.4, -0.2) is 49.8 Å². The molecule has 0 aromatic heterocycles. The van der Waals surface area contributed by atoms with E-state index in [1.807, 2.05) is 52.0 Å². The molecule has 4 N–H and O–H groups in total. The van der Waals surface area contributed by atoms with Crippen LogP contribution in [0.3, 0.4) is 0 Å². The third kappa shape index (κ3) is 7.71. The average Bonchev–Trinajstić information content (AvgIpc) is 2.96. The molecule has 0 fully saturated rings. The average molecular weight is 549 g/mol. The van der Waals surface area contributed by atoms with E-state index in [9.17, 15) is 19.2 Å². The number of rotatable bonds is 12. The van der Waals surface area contributed by atoms with Gasteiger partial charge in [-0.25, -0.2) is 0 Å². The monoisotopic (exact) mass is 548 g/mol. The van der Waals surface area contributed by atoms with E-state index in [1.54, 1.807) is 0 Å². The highest BCUT2D eigenvalue weighted by atomic mass is 16.2. The molecule has 0 aliphatic heterocycles. The molecular weight excluding hydrogens is 504 g/mol. The lowest BCUT2D eigenvalue weighted by molar-refractivity contribution is 0.0939. The van der Waals surface area contributed by atoms with Gasteiger partial charge in [0.05, 0.1) is 0 Å². The lowest BCUT2D eigenvalue weighted by Crippen LogP contribution is -2.30.